The molecule has 0 bridgehead atoms. The van der Waals surface area contributed by atoms with Crippen LogP contribution in [0.15, 0.2) is 23.4 Å². The van der Waals surface area contributed by atoms with Crippen LogP contribution >= 0.6 is 23.4 Å². The van der Waals surface area contributed by atoms with Crippen LogP contribution in [0.1, 0.15) is 11.4 Å². The van der Waals surface area contributed by atoms with Crippen LogP contribution in [0.25, 0.3) is 0 Å². The van der Waals surface area contributed by atoms with Crippen molar-refractivity contribution in [3.05, 3.63) is 34.6 Å². The molecule has 0 aliphatic carbocycles. The van der Waals surface area contributed by atoms with Crippen LogP contribution in [0.2, 0.25) is 5.02 Å². The Balaban J connectivity index is 2.04. The van der Waals surface area contributed by atoms with Crippen molar-refractivity contribution in [3.8, 4) is 0 Å². The van der Waals surface area contributed by atoms with Crippen molar-refractivity contribution in [3.63, 3.8) is 0 Å². The van der Waals surface area contributed by atoms with Crippen molar-refractivity contribution in [1.29, 1.82) is 0 Å². The first-order valence-electron chi connectivity index (χ1n) is 6.15. The van der Waals surface area contributed by atoms with Gasteiger partial charge in [-0.1, -0.05) is 23.4 Å². The molecule has 3 N–H and O–H groups in total. The smallest absolute Gasteiger partial charge is 0.336 e. The van der Waals surface area contributed by atoms with Crippen molar-refractivity contribution in [2.24, 2.45) is 0 Å². The van der Waals surface area contributed by atoms with Gasteiger partial charge in [-0.15, -0.1) is 10.2 Å². The summed E-state index contributed by atoms with van der Waals surface area (Å²) in [6.45, 7) is 1.64. The van der Waals surface area contributed by atoms with Gasteiger partial charge in [0.15, 0.2) is 0 Å². The highest BCUT2D eigenvalue weighted by Gasteiger charge is 2.31. The molecule has 124 valence electrons. The summed E-state index contributed by atoms with van der Waals surface area (Å²) in [7, 11) is 0. The number of aromatic nitrogens is 3. The molecular weight excluding hydrogens is 355 g/mol. The minimum absolute atomic E-state index is 0.00851. The molecule has 2 aromatic rings. The molecular formula is C12H11ClF3N5OS. The van der Waals surface area contributed by atoms with Gasteiger partial charge in [-0.2, -0.15) is 13.2 Å². The minimum atomic E-state index is -4.52. The Hall–Kier alpha value is -1.94. The Kier molecular flexibility index (Phi) is 5.05. The summed E-state index contributed by atoms with van der Waals surface area (Å²) >= 11 is 6.80. The number of carbonyl (C=O) groups is 1. The maximum atomic E-state index is 12.7. The number of hydrogen-bond donors (Lipinski definition) is 2. The first kappa shape index (κ1) is 17.4. The maximum absolute atomic E-state index is 12.7. The van der Waals surface area contributed by atoms with E-state index in [4.69, 9.17) is 17.4 Å². The zero-order chi connectivity index (χ0) is 17.2. The highest BCUT2D eigenvalue weighted by molar-refractivity contribution is 7.99. The van der Waals surface area contributed by atoms with Gasteiger partial charge in [0.05, 0.1) is 22.0 Å². The third kappa shape index (κ3) is 4.29. The van der Waals surface area contributed by atoms with Crippen LogP contribution in [-0.2, 0) is 11.0 Å². The summed E-state index contributed by atoms with van der Waals surface area (Å²) in [4.78, 5) is 11.8. The molecule has 23 heavy (non-hydrogen) atoms. The van der Waals surface area contributed by atoms with Crippen molar-refractivity contribution in [2.45, 2.75) is 18.3 Å². The second-order valence-electron chi connectivity index (χ2n) is 4.43. The second kappa shape index (κ2) is 6.67. The van der Waals surface area contributed by atoms with Crippen molar-refractivity contribution >= 4 is 35.0 Å². The zero-order valence-electron chi connectivity index (χ0n) is 11.7. The van der Waals surface area contributed by atoms with E-state index in [0.717, 1.165) is 30.0 Å². The van der Waals surface area contributed by atoms with Crippen LogP contribution in [0, 0.1) is 6.92 Å². The Morgan fingerprint density at radius 2 is 2.13 bits per heavy atom. The molecule has 1 heterocycles. The first-order chi connectivity index (χ1) is 10.7. The largest absolute Gasteiger partial charge is 0.416 e. The Morgan fingerprint density at radius 1 is 1.43 bits per heavy atom. The summed E-state index contributed by atoms with van der Waals surface area (Å²) in [6, 6.07) is 2.69. The number of benzene rings is 1. The number of thioether (sulfide) groups is 1. The maximum Gasteiger partial charge on any atom is 0.416 e. The van der Waals surface area contributed by atoms with Gasteiger partial charge in [0.1, 0.15) is 5.82 Å². The van der Waals surface area contributed by atoms with E-state index in [0.29, 0.717) is 11.0 Å². The van der Waals surface area contributed by atoms with Crippen LogP contribution < -0.4 is 11.2 Å². The summed E-state index contributed by atoms with van der Waals surface area (Å²) in [6.07, 6.45) is -4.52. The van der Waals surface area contributed by atoms with E-state index in [9.17, 15) is 18.0 Å². The quantitative estimate of drug-likeness (QED) is 0.642. The number of carbonyl (C=O) groups excluding carboxylic acids is 1. The highest BCUT2D eigenvalue weighted by atomic mass is 35.5. The molecule has 0 spiro atoms. The van der Waals surface area contributed by atoms with E-state index in [1.54, 1.807) is 6.92 Å². The number of halogens is 4. The Labute approximate surface area is 138 Å². The zero-order valence-corrected chi connectivity index (χ0v) is 13.3. The number of anilines is 1. The fraction of sp³-hybridized carbons (Fsp3) is 0.250. The number of amides is 1. The standard InChI is InChI=1S/C12H11ClF3N5OS/c1-6-19-20-11(21(6)17)23-5-10(22)18-9-4-7(12(14,15)16)2-3-8(9)13/h2-4H,5,17H2,1H3,(H,18,22). The molecule has 0 unspecified atom stereocenters. The molecule has 0 atom stereocenters. The number of nitrogens with one attached hydrogen (secondary N) is 1. The monoisotopic (exact) mass is 365 g/mol. The Morgan fingerprint density at radius 3 is 2.70 bits per heavy atom. The molecule has 0 radical (unpaired) electrons. The summed E-state index contributed by atoms with van der Waals surface area (Å²) in [5.74, 6) is 5.44. The van der Waals surface area contributed by atoms with E-state index in [-0.39, 0.29) is 16.5 Å². The van der Waals surface area contributed by atoms with Gasteiger partial charge in [-0.25, -0.2) is 4.68 Å². The topological polar surface area (TPSA) is 85.8 Å². The lowest BCUT2D eigenvalue weighted by Crippen LogP contribution is -2.17. The lowest BCUT2D eigenvalue weighted by Gasteiger charge is -2.11. The van der Waals surface area contributed by atoms with Gasteiger partial charge in [0.25, 0.3) is 0 Å². The third-order valence-corrected chi connectivity index (χ3v) is 4.01. The van der Waals surface area contributed by atoms with Crippen molar-refractivity contribution in [1.82, 2.24) is 14.9 Å². The van der Waals surface area contributed by atoms with E-state index in [2.05, 4.69) is 15.5 Å². The molecule has 0 saturated heterocycles. The summed E-state index contributed by atoms with van der Waals surface area (Å²) < 4.78 is 39.2. The SMILES string of the molecule is Cc1nnc(SCC(=O)Nc2cc(C(F)(F)F)ccc2Cl)n1N. The van der Waals surface area contributed by atoms with Crippen LogP contribution in [-0.4, -0.2) is 26.5 Å². The number of alkyl halides is 3. The predicted octanol–water partition coefficient (Wildman–Crippen LogP) is 2.70. The number of nitrogen functional groups attached to an aromatic ring is 1. The molecule has 1 aromatic carbocycles. The fourth-order valence-corrected chi connectivity index (χ4v) is 2.43. The summed E-state index contributed by atoms with van der Waals surface area (Å²) in [5.41, 5.74) is -1.01. The number of aryl methyl sites for hydroxylation is 1. The second-order valence-corrected chi connectivity index (χ2v) is 5.78. The number of nitrogens with two attached hydrogens (primary N) is 1. The van der Waals surface area contributed by atoms with Gasteiger partial charge >= 0.3 is 6.18 Å². The summed E-state index contributed by atoms with van der Waals surface area (Å²) in [5, 5.41) is 10.1. The van der Waals surface area contributed by atoms with Crippen molar-refractivity contribution in [2.75, 3.05) is 16.9 Å². The minimum Gasteiger partial charge on any atom is -0.336 e. The average Bonchev–Trinajstić information content (AvgIpc) is 2.78. The van der Waals surface area contributed by atoms with Crippen LogP contribution in [0.4, 0.5) is 18.9 Å². The molecule has 0 saturated carbocycles. The van der Waals surface area contributed by atoms with Crippen LogP contribution in [0.3, 0.4) is 0 Å². The van der Waals surface area contributed by atoms with Crippen molar-refractivity contribution < 1.29 is 18.0 Å². The van der Waals surface area contributed by atoms with Gasteiger partial charge < -0.3 is 11.2 Å². The Bertz CT molecular complexity index is 734. The highest BCUT2D eigenvalue weighted by Crippen LogP contribution is 2.33. The molecule has 0 aliphatic rings. The molecule has 11 heteroatoms. The van der Waals surface area contributed by atoms with Gasteiger partial charge in [-0.05, 0) is 25.1 Å². The molecule has 6 nitrogen and oxygen atoms in total. The van der Waals surface area contributed by atoms with Crippen LogP contribution in [0.5, 0.6) is 0 Å². The molecule has 1 aromatic heterocycles. The first-order valence-corrected chi connectivity index (χ1v) is 7.51. The normalized spacial score (nSPS) is 11.5. The van der Waals surface area contributed by atoms with Gasteiger partial charge in [-0.3, -0.25) is 4.79 Å². The van der Waals surface area contributed by atoms with Gasteiger partial charge in [0, 0.05) is 0 Å². The molecule has 2 rings (SSSR count). The molecule has 0 aliphatic heterocycles. The predicted molar refractivity (Wildman–Crippen MR) is 80.7 cm³/mol. The molecule has 0 fully saturated rings. The average molecular weight is 366 g/mol. The van der Waals surface area contributed by atoms with E-state index in [1.165, 1.54) is 4.68 Å². The number of rotatable bonds is 4. The van der Waals surface area contributed by atoms with E-state index in [1.807, 2.05) is 0 Å². The van der Waals surface area contributed by atoms with E-state index < -0.39 is 17.6 Å². The number of hydrogen-bond acceptors (Lipinski definition) is 5. The third-order valence-electron chi connectivity index (χ3n) is 2.74. The lowest BCUT2D eigenvalue weighted by atomic mass is 10.2. The van der Waals surface area contributed by atoms with E-state index >= 15 is 0 Å². The van der Waals surface area contributed by atoms with Gasteiger partial charge in [0.2, 0.25) is 11.1 Å². The fourth-order valence-electron chi connectivity index (χ4n) is 1.56. The molecule has 1 amide bonds. The number of nitrogens with zero attached hydrogens (tertiary/aromatic N) is 3. The lowest BCUT2D eigenvalue weighted by molar-refractivity contribution is -0.137.